The Morgan fingerprint density at radius 3 is 2.38 bits per heavy atom. The largest absolute Gasteiger partial charge is 0.496 e. The number of carbonyl (C=O) groups excluding carboxylic acids is 1. The van der Waals surface area contributed by atoms with Crippen molar-refractivity contribution in [3.8, 4) is 5.75 Å². The first-order chi connectivity index (χ1) is 13.8. The van der Waals surface area contributed by atoms with Gasteiger partial charge in [0.1, 0.15) is 11.6 Å². The summed E-state index contributed by atoms with van der Waals surface area (Å²) in [5.74, 6) is -0.254. The van der Waals surface area contributed by atoms with Crippen molar-refractivity contribution in [2.75, 3.05) is 27.2 Å². The van der Waals surface area contributed by atoms with Crippen LogP contribution in [-0.2, 0) is 16.6 Å². The number of ether oxygens (including phenoxy) is 1. The molecule has 1 saturated heterocycles. The number of amides is 1. The first kappa shape index (κ1) is 21.3. The summed E-state index contributed by atoms with van der Waals surface area (Å²) in [6.45, 7) is 1.40. The van der Waals surface area contributed by atoms with Crippen molar-refractivity contribution in [1.82, 2.24) is 9.21 Å². The molecule has 0 aromatic heterocycles. The maximum absolute atomic E-state index is 13.1. The molecule has 0 saturated carbocycles. The number of benzene rings is 2. The summed E-state index contributed by atoms with van der Waals surface area (Å²) in [5, 5.41) is 0. The SMILES string of the molecule is COc1ccc(S(=O)(=O)N(C)Cc2ccc(F)cc2)cc1C(=O)N1CCCCC1. The lowest BCUT2D eigenvalue weighted by Gasteiger charge is -2.27. The zero-order valence-corrected chi connectivity index (χ0v) is 17.4. The van der Waals surface area contributed by atoms with Gasteiger partial charge in [0.2, 0.25) is 10.0 Å². The van der Waals surface area contributed by atoms with Crippen LogP contribution in [0.25, 0.3) is 0 Å². The van der Waals surface area contributed by atoms with Crippen LogP contribution < -0.4 is 4.74 Å². The van der Waals surface area contributed by atoms with Crippen LogP contribution >= 0.6 is 0 Å². The van der Waals surface area contributed by atoms with Gasteiger partial charge in [0.25, 0.3) is 5.91 Å². The second-order valence-electron chi connectivity index (χ2n) is 7.10. The van der Waals surface area contributed by atoms with Crippen molar-refractivity contribution in [2.45, 2.75) is 30.7 Å². The van der Waals surface area contributed by atoms with E-state index in [1.54, 1.807) is 17.0 Å². The van der Waals surface area contributed by atoms with Gasteiger partial charge in [-0.25, -0.2) is 12.8 Å². The second kappa shape index (κ2) is 8.92. The number of nitrogens with zero attached hydrogens (tertiary/aromatic N) is 2. The van der Waals surface area contributed by atoms with E-state index in [-0.39, 0.29) is 28.7 Å². The second-order valence-corrected chi connectivity index (χ2v) is 9.15. The van der Waals surface area contributed by atoms with Gasteiger partial charge in [-0.05, 0) is 55.2 Å². The Balaban J connectivity index is 1.88. The third-order valence-electron chi connectivity index (χ3n) is 5.07. The van der Waals surface area contributed by atoms with E-state index in [0.29, 0.717) is 24.4 Å². The molecule has 1 fully saturated rings. The van der Waals surface area contributed by atoms with E-state index in [4.69, 9.17) is 4.74 Å². The Bertz CT molecular complexity index is 971. The van der Waals surface area contributed by atoms with Crippen molar-refractivity contribution in [3.05, 3.63) is 59.4 Å². The van der Waals surface area contributed by atoms with Crippen molar-refractivity contribution in [2.24, 2.45) is 0 Å². The monoisotopic (exact) mass is 420 g/mol. The topological polar surface area (TPSA) is 66.9 Å². The molecule has 0 bridgehead atoms. The molecule has 0 N–H and O–H groups in total. The highest BCUT2D eigenvalue weighted by molar-refractivity contribution is 7.89. The lowest BCUT2D eigenvalue weighted by Crippen LogP contribution is -2.36. The number of methoxy groups -OCH3 is 1. The molecule has 0 atom stereocenters. The van der Waals surface area contributed by atoms with E-state index in [0.717, 1.165) is 19.3 Å². The minimum Gasteiger partial charge on any atom is -0.496 e. The zero-order chi connectivity index (χ0) is 21.0. The van der Waals surface area contributed by atoms with Gasteiger partial charge in [0.05, 0.1) is 17.6 Å². The van der Waals surface area contributed by atoms with E-state index in [1.807, 2.05) is 0 Å². The fourth-order valence-corrected chi connectivity index (χ4v) is 4.58. The number of piperidine rings is 1. The van der Waals surface area contributed by atoms with Gasteiger partial charge in [0.15, 0.2) is 0 Å². The van der Waals surface area contributed by atoms with Crippen LogP contribution in [0.3, 0.4) is 0 Å². The van der Waals surface area contributed by atoms with E-state index in [1.165, 1.54) is 48.8 Å². The third kappa shape index (κ3) is 4.76. The molecule has 1 aliphatic heterocycles. The summed E-state index contributed by atoms with van der Waals surface area (Å²) in [4.78, 5) is 14.7. The van der Waals surface area contributed by atoms with Gasteiger partial charge in [-0.2, -0.15) is 4.31 Å². The highest BCUT2D eigenvalue weighted by atomic mass is 32.2. The maximum atomic E-state index is 13.1. The van der Waals surface area contributed by atoms with Crippen molar-refractivity contribution in [1.29, 1.82) is 0 Å². The molecule has 0 unspecified atom stereocenters. The molecule has 3 rings (SSSR count). The summed E-state index contributed by atoms with van der Waals surface area (Å²) in [5.41, 5.74) is 0.904. The first-order valence-corrected chi connectivity index (χ1v) is 10.9. The lowest BCUT2D eigenvalue weighted by molar-refractivity contribution is 0.0720. The fourth-order valence-electron chi connectivity index (χ4n) is 3.39. The summed E-state index contributed by atoms with van der Waals surface area (Å²) >= 11 is 0. The molecule has 2 aromatic carbocycles. The third-order valence-corrected chi connectivity index (χ3v) is 6.87. The summed E-state index contributed by atoms with van der Waals surface area (Å²) in [6, 6.07) is 9.99. The summed E-state index contributed by atoms with van der Waals surface area (Å²) in [6.07, 6.45) is 2.96. The predicted octanol–water partition coefficient (Wildman–Crippen LogP) is 3.28. The molecule has 8 heteroatoms. The molecule has 0 spiro atoms. The minimum absolute atomic E-state index is 0.0169. The average Bonchev–Trinajstić information content (AvgIpc) is 2.74. The van der Waals surface area contributed by atoms with E-state index in [2.05, 4.69) is 0 Å². The van der Waals surface area contributed by atoms with E-state index >= 15 is 0 Å². The van der Waals surface area contributed by atoms with E-state index < -0.39 is 10.0 Å². The number of likely N-dealkylation sites (tertiary alicyclic amines) is 1. The Morgan fingerprint density at radius 1 is 1.10 bits per heavy atom. The van der Waals surface area contributed by atoms with Gasteiger partial charge in [-0.1, -0.05) is 12.1 Å². The summed E-state index contributed by atoms with van der Waals surface area (Å²) in [7, 11) is -0.937. The van der Waals surface area contributed by atoms with Crippen molar-refractivity contribution < 1.29 is 22.3 Å². The fraction of sp³-hybridized carbons (Fsp3) is 0.381. The molecule has 29 heavy (non-hydrogen) atoms. The Morgan fingerprint density at radius 2 is 1.76 bits per heavy atom. The predicted molar refractivity (Wildman–Crippen MR) is 108 cm³/mol. The minimum atomic E-state index is -3.85. The van der Waals surface area contributed by atoms with Crippen LogP contribution in [0.4, 0.5) is 4.39 Å². The maximum Gasteiger partial charge on any atom is 0.257 e. The number of hydrogen-bond acceptors (Lipinski definition) is 4. The average molecular weight is 421 g/mol. The Kier molecular flexibility index (Phi) is 6.54. The number of rotatable bonds is 6. The van der Waals surface area contributed by atoms with Crippen molar-refractivity contribution in [3.63, 3.8) is 0 Å². The van der Waals surface area contributed by atoms with Crippen LogP contribution in [0.1, 0.15) is 35.2 Å². The van der Waals surface area contributed by atoms with Gasteiger partial charge in [0, 0.05) is 26.7 Å². The molecule has 1 heterocycles. The van der Waals surface area contributed by atoms with Gasteiger partial charge < -0.3 is 9.64 Å². The number of sulfonamides is 1. The van der Waals surface area contributed by atoms with Crippen molar-refractivity contribution >= 4 is 15.9 Å². The van der Waals surface area contributed by atoms with E-state index in [9.17, 15) is 17.6 Å². The van der Waals surface area contributed by atoms with Gasteiger partial charge >= 0.3 is 0 Å². The summed E-state index contributed by atoms with van der Waals surface area (Å²) < 4.78 is 45.6. The zero-order valence-electron chi connectivity index (χ0n) is 16.6. The smallest absolute Gasteiger partial charge is 0.257 e. The van der Waals surface area contributed by atoms with Crippen LogP contribution in [0, 0.1) is 5.82 Å². The first-order valence-electron chi connectivity index (χ1n) is 9.51. The van der Waals surface area contributed by atoms with Gasteiger partial charge in [-0.15, -0.1) is 0 Å². The Labute approximate surface area is 170 Å². The molecule has 6 nitrogen and oxygen atoms in total. The van der Waals surface area contributed by atoms with Crippen LogP contribution in [0.5, 0.6) is 5.75 Å². The van der Waals surface area contributed by atoms with Crippen LogP contribution in [0.15, 0.2) is 47.4 Å². The van der Waals surface area contributed by atoms with Crippen LogP contribution in [0.2, 0.25) is 0 Å². The Hall–Kier alpha value is -2.45. The number of carbonyl (C=O) groups is 1. The molecule has 0 radical (unpaired) electrons. The standard InChI is InChI=1S/C21H25FN2O4S/c1-23(15-16-6-8-17(22)9-7-16)29(26,27)18-10-11-20(28-2)19(14-18)21(25)24-12-4-3-5-13-24/h6-11,14H,3-5,12-13,15H2,1-2H3. The molecule has 1 aliphatic rings. The molecule has 1 amide bonds. The molecule has 156 valence electrons. The molecular weight excluding hydrogens is 395 g/mol. The molecule has 2 aromatic rings. The highest BCUT2D eigenvalue weighted by Crippen LogP contribution is 2.27. The lowest BCUT2D eigenvalue weighted by atomic mass is 10.1. The van der Waals surface area contributed by atoms with Crippen LogP contribution in [-0.4, -0.2) is 50.8 Å². The highest BCUT2D eigenvalue weighted by Gasteiger charge is 2.26. The number of halogens is 1. The number of hydrogen-bond donors (Lipinski definition) is 0. The normalized spacial score (nSPS) is 14.8. The molecular formula is C21H25FN2O4S. The van der Waals surface area contributed by atoms with Gasteiger partial charge in [-0.3, -0.25) is 4.79 Å². The molecule has 0 aliphatic carbocycles. The quantitative estimate of drug-likeness (QED) is 0.719.